The van der Waals surface area contributed by atoms with Crippen molar-refractivity contribution in [2.24, 2.45) is 0 Å². The topological polar surface area (TPSA) is 46.5 Å². The Morgan fingerprint density at radius 1 is 0.944 bits per heavy atom. The smallest absolute Gasteiger partial charge is 0.385 e. The number of carbonyl (C=O) groups excluding carboxylic acids is 1. The zero-order chi connectivity index (χ0) is 26.3. The van der Waals surface area contributed by atoms with Crippen LogP contribution in [0.15, 0.2) is 66.9 Å². The van der Waals surface area contributed by atoms with Crippen LogP contribution < -0.4 is 5.32 Å². The first-order valence-electron chi connectivity index (χ1n) is 11.0. The summed E-state index contributed by atoms with van der Waals surface area (Å²) in [5.74, 6) is 0. The average molecular weight is 513 g/mol. The van der Waals surface area contributed by atoms with E-state index in [4.69, 9.17) is 4.74 Å². The molecule has 0 saturated carbocycles. The molecule has 1 N–H and O–H groups in total. The molecule has 0 aliphatic heterocycles. The molecule has 0 bridgehead atoms. The van der Waals surface area contributed by atoms with Gasteiger partial charge in [-0.25, -0.2) is 4.79 Å². The highest BCUT2D eigenvalue weighted by molar-refractivity contribution is 5.89. The normalized spacial score (nSPS) is 12.0. The van der Waals surface area contributed by atoms with Gasteiger partial charge < -0.3 is 19.5 Å². The summed E-state index contributed by atoms with van der Waals surface area (Å²) >= 11 is 0. The minimum atomic E-state index is -4.49. The van der Waals surface area contributed by atoms with E-state index in [2.05, 4.69) is 5.32 Å². The summed E-state index contributed by atoms with van der Waals surface area (Å²) in [6.07, 6.45) is -6.73. The summed E-state index contributed by atoms with van der Waals surface area (Å²) in [4.78, 5) is 14.4. The number of urea groups is 1. The fourth-order valence-corrected chi connectivity index (χ4v) is 3.58. The number of hydrogen-bond acceptors (Lipinski definition) is 2. The number of ether oxygens (including phenoxy) is 1. The molecule has 3 aromatic rings. The Balaban J connectivity index is 1.74. The van der Waals surface area contributed by atoms with Crippen LogP contribution in [0.1, 0.15) is 28.8 Å². The third-order valence-electron chi connectivity index (χ3n) is 5.41. The van der Waals surface area contributed by atoms with Crippen LogP contribution in [0.25, 0.3) is 0 Å². The molecule has 0 fully saturated rings. The van der Waals surface area contributed by atoms with Gasteiger partial charge in [0.1, 0.15) is 0 Å². The molecule has 2 amide bonds. The van der Waals surface area contributed by atoms with Crippen molar-refractivity contribution >= 4 is 11.7 Å². The second-order valence-corrected chi connectivity index (χ2v) is 8.10. The van der Waals surface area contributed by atoms with Gasteiger partial charge in [-0.1, -0.05) is 12.1 Å². The summed E-state index contributed by atoms with van der Waals surface area (Å²) in [7, 11) is 1.52. The number of amides is 2. The van der Waals surface area contributed by atoms with Crippen LogP contribution in [0.4, 0.5) is 36.8 Å². The lowest BCUT2D eigenvalue weighted by Gasteiger charge is -2.24. The minimum Gasteiger partial charge on any atom is -0.385 e. The summed E-state index contributed by atoms with van der Waals surface area (Å²) in [6, 6.07) is 12.1. The lowest BCUT2D eigenvalue weighted by atomic mass is 10.1. The first-order valence-corrected chi connectivity index (χ1v) is 11.0. The van der Waals surface area contributed by atoms with Gasteiger partial charge in [-0.05, 0) is 60.5 Å². The Hall–Kier alpha value is -3.47. The monoisotopic (exact) mass is 513 g/mol. The van der Waals surface area contributed by atoms with E-state index in [1.54, 1.807) is 29.0 Å². The maximum atomic E-state index is 13.1. The zero-order valence-corrected chi connectivity index (χ0v) is 19.4. The molecule has 3 rings (SSSR count). The Bertz CT molecular complexity index is 1140. The fraction of sp³-hybridized carbons (Fsp3) is 0.320. The third kappa shape index (κ3) is 7.51. The van der Waals surface area contributed by atoms with Crippen LogP contribution >= 0.6 is 0 Å². The number of alkyl halides is 6. The quantitative estimate of drug-likeness (QED) is 0.257. The van der Waals surface area contributed by atoms with Crippen molar-refractivity contribution in [1.82, 2.24) is 9.47 Å². The van der Waals surface area contributed by atoms with Crippen molar-refractivity contribution in [2.45, 2.75) is 31.9 Å². The standard InChI is InChI=1S/C25H25F6N3O2/c1-36-14-4-13-34(23(35)32-21-10-8-19(9-11-21)24(26,27)28)17-22-7-3-12-33(22)16-18-5-2-6-20(15-18)25(29,30)31/h2-3,5-12,15H,4,13-14,16-17H2,1H3,(H,32,35). The molecule has 0 unspecified atom stereocenters. The minimum absolute atomic E-state index is 0.127. The lowest BCUT2D eigenvalue weighted by molar-refractivity contribution is -0.138. The van der Waals surface area contributed by atoms with Gasteiger partial charge in [-0.2, -0.15) is 26.3 Å². The Labute approximate surface area is 204 Å². The van der Waals surface area contributed by atoms with Gasteiger partial charge in [0, 0.05) is 44.4 Å². The largest absolute Gasteiger partial charge is 0.416 e. The van der Waals surface area contributed by atoms with E-state index in [9.17, 15) is 31.1 Å². The lowest BCUT2D eigenvalue weighted by Crippen LogP contribution is -2.36. The molecule has 0 radical (unpaired) electrons. The van der Waals surface area contributed by atoms with E-state index in [-0.39, 0.29) is 25.3 Å². The number of methoxy groups -OCH3 is 1. The molecule has 1 aromatic heterocycles. The number of nitrogens with one attached hydrogen (secondary N) is 1. The third-order valence-corrected chi connectivity index (χ3v) is 5.41. The molecule has 11 heteroatoms. The number of carbonyl (C=O) groups is 1. The molecule has 2 aromatic carbocycles. The molecular formula is C25H25F6N3O2. The van der Waals surface area contributed by atoms with E-state index < -0.39 is 29.5 Å². The number of nitrogens with zero attached hydrogens (tertiary/aromatic N) is 2. The van der Waals surface area contributed by atoms with Crippen LogP contribution in [-0.4, -0.2) is 35.8 Å². The van der Waals surface area contributed by atoms with Crippen LogP contribution in [0.2, 0.25) is 0 Å². The molecule has 194 valence electrons. The van der Waals surface area contributed by atoms with Gasteiger partial charge in [-0.15, -0.1) is 0 Å². The highest BCUT2D eigenvalue weighted by atomic mass is 19.4. The number of rotatable bonds is 9. The molecule has 36 heavy (non-hydrogen) atoms. The van der Waals surface area contributed by atoms with E-state index in [1.165, 1.54) is 30.2 Å². The van der Waals surface area contributed by atoms with Crippen molar-refractivity contribution in [3.8, 4) is 0 Å². The molecule has 5 nitrogen and oxygen atoms in total. The predicted molar refractivity (Wildman–Crippen MR) is 122 cm³/mol. The highest BCUT2D eigenvalue weighted by Crippen LogP contribution is 2.31. The zero-order valence-electron chi connectivity index (χ0n) is 19.4. The van der Waals surface area contributed by atoms with Crippen molar-refractivity contribution in [3.63, 3.8) is 0 Å². The fourth-order valence-electron chi connectivity index (χ4n) is 3.58. The Morgan fingerprint density at radius 3 is 2.28 bits per heavy atom. The second kappa shape index (κ2) is 11.5. The SMILES string of the molecule is COCCCN(Cc1cccn1Cc1cccc(C(F)(F)F)c1)C(=O)Nc1ccc(C(F)(F)F)cc1. The van der Waals surface area contributed by atoms with E-state index in [1.807, 2.05) is 0 Å². The Kier molecular flexibility index (Phi) is 8.67. The summed E-state index contributed by atoms with van der Waals surface area (Å²) < 4.78 is 84.4. The van der Waals surface area contributed by atoms with E-state index >= 15 is 0 Å². The van der Waals surface area contributed by atoms with Crippen LogP contribution in [0.5, 0.6) is 0 Å². The van der Waals surface area contributed by atoms with Crippen LogP contribution in [0.3, 0.4) is 0 Å². The summed E-state index contributed by atoms with van der Waals surface area (Å²) in [5, 5.41) is 2.60. The Morgan fingerprint density at radius 2 is 1.64 bits per heavy atom. The van der Waals surface area contributed by atoms with Crippen molar-refractivity contribution < 1.29 is 35.9 Å². The van der Waals surface area contributed by atoms with E-state index in [0.29, 0.717) is 24.3 Å². The molecule has 0 saturated heterocycles. The van der Waals surface area contributed by atoms with Gasteiger partial charge in [0.25, 0.3) is 0 Å². The number of benzene rings is 2. The van der Waals surface area contributed by atoms with Crippen molar-refractivity contribution in [3.05, 3.63) is 89.2 Å². The summed E-state index contributed by atoms with van der Waals surface area (Å²) in [5.41, 5.74) is -0.255. The molecule has 0 aliphatic rings. The average Bonchev–Trinajstić information content (AvgIpc) is 3.24. The molecule has 0 spiro atoms. The van der Waals surface area contributed by atoms with Crippen molar-refractivity contribution in [1.29, 1.82) is 0 Å². The first kappa shape index (κ1) is 27.1. The van der Waals surface area contributed by atoms with Gasteiger partial charge in [-0.3, -0.25) is 0 Å². The number of halogens is 6. The van der Waals surface area contributed by atoms with Gasteiger partial charge in [0.2, 0.25) is 0 Å². The van der Waals surface area contributed by atoms with Gasteiger partial charge in [0.15, 0.2) is 0 Å². The van der Waals surface area contributed by atoms with Gasteiger partial charge in [0.05, 0.1) is 17.7 Å². The maximum Gasteiger partial charge on any atom is 0.416 e. The predicted octanol–water partition coefficient (Wildman–Crippen LogP) is 6.64. The molecule has 0 aliphatic carbocycles. The number of anilines is 1. The molecule has 1 heterocycles. The van der Waals surface area contributed by atoms with Crippen LogP contribution in [-0.2, 0) is 30.2 Å². The highest BCUT2D eigenvalue weighted by Gasteiger charge is 2.31. The second-order valence-electron chi connectivity index (χ2n) is 8.10. The van der Waals surface area contributed by atoms with Crippen LogP contribution in [0, 0.1) is 0 Å². The van der Waals surface area contributed by atoms with E-state index in [0.717, 1.165) is 24.3 Å². The number of aromatic nitrogens is 1. The number of hydrogen-bond donors (Lipinski definition) is 1. The molecule has 0 atom stereocenters. The maximum absolute atomic E-state index is 13.1. The van der Waals surface area contributed by atoms with Gasteiger partial charge >= 0.3 is 18.4 Å². The van der Waals surface area contributed by atoms with Crippen molar-refractivity contribution in [2.75, 3.05) is 25.6 Å². The molecular weight excluding hydrogens is 488 g/mol. The first-order chi connectivity index (χ1) is 17.0. The summed E-state index contributed by atoms with van der Waals surface area (Å²) in [6.45, 7) is 0.963.